The Balaban J connectivity index is 1.08. The maximum atomic E-state index is 15.5. The van der Waals surface area contributed by atoms with Crippen LogP contribution >= 0.6 is 11.8 Å². The van der Waals surface area contributed by atoms with Crippen molar-refractivity contribution < 1.29 is 62.3 Å². The Kier molecular flexibility index (Phi) is 47.2. The zero-order chi connectivity index (χ0) is 90.0. The first kappa shape index (κ1) is 102. The summed E-state index contributed by atoms with van der Waals surface area (Å²) >= 11 is 1.54. The molecule has 3 aromatic carbocycles. The molecule has 2 fully saturated rings. The van der Waals surface area contributed by atoms with Gasteiger partial charge in [0.15, 0.2) is 5.96 Å². The highest BCUT2D eigenvalue weighted by Crippen LogP contribution is 2.25. The molecule has 0 aliphatic carbocycles. The number of primary amides is 1. The van der Waals surface area contributed by atoms with Crippen LogP contribution in [0.2, 0.25) is 0 Å². The van der Waals surface area contributed by atoms with Crippen LogP contribution in [-0.4, -0.2) is 229 Å². The van der Waals surface area contributed by atoms with E-state index in [-0.39, 0.29) is 108 Å². The molecule has 0 bridgehead atoms. The third-order valence-electron chi connectivity index (χ3n) is 21.9. The summed E-state index contributed by atoms with van der Waals surface area (Å²) in [7, 11) is 0. The lowest BCUT2D eigenvalue weighted by molar-refractivity contribution is -0.143. The molecule has 0 spiro atoms. The van der Waals surface area contributed by atoms with Gasteiger partial charge in [-0.05, 0) is 163 Å². The number of nitrogens with two attached hydrogens (primary N) is 5. The Morgan fingerprint density at radius 2 is 1.06 bits per heavy atom. The number of carbonyl (C=O) groups is 13. The van der Waals surface area contributed by atoms with Crippen LogP contribution in [0.25, 0.3) is 10.9 Å². The number of allylic oxidation sites excluding steroid dienone is 2. The number of nitrogens with zero attached hydrogens (tertiary/aromatic N) is 4. The summed E-state index contributed by atoms with van der Waals surface area (Å²) in [6.07, 6.45) is 25.4. The number of rotatable bonds is 60. The molecule has 35 heteroatoms. The Bertz CT molecular complexity index is 4110. The van der Waals surface area contributed by atoms with E-state index in [2.05, 4.69) is 92.7 Å². The van der Waals surface area contributed by atoms with Gasteiger partial charge in [-0.15, -0.1) is 0 Å². The molecular weight excluding hydrogens is 1600 g/mol. The molecule has 0 unspecified atom stereocenters. The fraction of sp³-hybridized carbons (Fsp3) is 0.584. The number of hydrazone groups is 1. The van der Waals surface area contributed by atoms with E-state index >= 15 is 19.2 Å². The molecule has 13 amide bonds. The lowest BCUT2D eigenvalue weighted by Gasteiger charge is -2.32. The molecule has 682 valence electrons. The molecule has 0 radical (unpaired) electrons. The van der Waals surface area contributed by atoms with Gasteiger partial charge in [0, 0.05) is 82.1 Å². The number of para-hydroxylation sites is 1. The van der Waals surface area contributed by atoms with E-state index in [9.17, 15) is 43.2 Å². The minimum absolute atomic E-state index is 0.00216. The first-order valence-corrected chi connectivity index (χ1v) is 45.6. The normalized spacial score (nSPS) is 15.8. The summed E-state index contributed by atoms with van der Waals surface area (Å²) in [5, 5.41) is 32.7. The lowest BCUT2D eigenvalue weighted by Crippen LogP contribution is -2.61. The summed E-state index contributed by atoms with van der Waals surface area (Å²) in [4.78, 5) is 193. The van der Waals surface area contributed by atoms with Crippen LogP contribution < -0.4 is 87.3 Å². The van der Waals surface area contributed by atoms with Crippen molar-refractivity contribution in [3.63, 3.8) is 0 Å². The summed E-state index contributed by atoms with van der Waals surface area (Å²) in [6.45, 7) is 6.75. The minimum atomic E-state index is -1.47. The maximum Gasteiger partial charge on any atom is 0.264 e. The number of aliphatic imine (C=N–C) groups is 1. The van der Waals surface area contributed by atoms with Crippen molar-refractivity contribution in [1.82, 2.24) is 73.4 Å². The highest BCUT2D eigenvalue weighted by Gasteiger charge is 2.42. The zero-order valence-corrected chi connectivity index (χ0v) is 73.6. The number of aromatic amines is 1. The quantitative estimate of drug-likeness (QED) is 0.00991. The molecule has 10 atom stereocenters. The van der Waals surface area contributed by atoms with E-state index in [4.69, 9.17) is 28.7 Å². The second-order valence-electron chi connectivity index (χ2n) is 32.2. The number of H-pyrrole nitrogens is 1. The predicted molar refractivity (Wildman–Crippen MR) is 483 cm³/mol. The Morgan fingerprint density at radius 1 is 0.532 bits per heavy atom. The Morgan fingerprint density at radius 3 is 1.68 bits per heavy atom. The average Bonchev–Trinajstić information content (AvgIpc) is 1.71. The Hall–Kier alpha value is -10.9. The van der Waals surface area contributed by atoms with Crippen molar-refractivity contribution in [3.05, 3.63) is 120 Å². The van der Waals surface area contributed by atoms with Gasteiger partial charge in [-0.2, -0.15) is 16.9 Å². The largest absolute Gasteiger partial charge is 0.370 e. The number of carbonyl (C=O) groups excluding carboxylic acids is 13. The fourth-order valence-corrected chi connectivity index (χ4v) is 15.4. The van der Waals surface area contributed by atoms with E-state index in [1.165, 1.54) is 35.5 Å². The standard InChI is InChI=1S/C89H137N21O13S/c1-5-6-7-8-9-10-11-12-13-14-15-16-23-44-75(111)95-49-32-50-97-77(113)59-101-100-58-76(112)96-47-28-40-67(79(92)114)102-86(121)78(60(2)3)108-85(120)74-43-31-52-110(74)88(123)69(39-26-27-46-90)104-82(117)70(54-61-33-19-17-20-34-61)105-83(118)72(56-63-57-99-66-38-25-24-37-64(63)66)106-80(115)68(41-29-48-98-89(93)94)103-81(116)71(55-62-35-21-18-22-36-62)107-84(119)73-42-30-51-109(73)87(122)65(91)45-53-124-4/h10-11,17-22,24-25,33-38,57,59-60,65,67-74,78,99-100H,5-9,12-16,23,26-32,39-56,58,90-91H2,1-4H3,(H2,92,114)(H,95,111)(H,96,112)(H,97,113)(H,102,121)(H,103,116)(H,104,117)(H,105,118)(H,106,115)(H,107,119)(H,108,120)(H4,93,94,98)/b11-10-,101-59+/t65-,67-,68-,69-,70-,71+,72+,73-,74-,78-/m0/s1. The SMILES string of the molecule is CCCCCC/C=C\CCCCCCCC(=O)NCCCNC(=O)/C=N/NCC(=O)NCCC[C@H](NC(=O)[C@@H](NC(=O)[C@@H]1CCCN1C(=O)[C@H](CCCCN)NC(=O)[C@H](Cc1ccccc1)NC(=O)[C@@H](Cc1c[nH]c2ccccc12)NC(=O)[C@H](CCCN=C(N)N)NC(=O)[C@@H](Cc1ccccc1)NC(=O)[C@@H]1CCCN1C(=O)[C@@H](N)CCSC)C(C)C)C(N)=O. The molecule has 3 heterocycles. The second kappa shape index (κ2) is 57.5. The minimum Gasteiger partial charge on any atom is -0.370 e. The first-order valence-electron chi connectivity index (χ1n) is 44.2. The van der Waals surface area contributed by atoms with Gasteiger partial charge in [0.05, 0.1) is 6.04 Å². The Labute approximate surface area is 733 Å². The van der Waals surface area contributed by atoms with Gasteiger partial charge in [0.2, 0.25) is 70.9 Å². The third kappa shape index (κ3) is 37.2. The number of fused-ring (bicyclic) bond motifs is 1. The van der Waals surface area contributed by atoms with Crippen LogP contribution in [0.15, 0.2) is 113 Å². The number of hydrogen-bond donors (Lipinski definition) is 17. The summed E-state index contributed by atoms with van der Waals surface area (Å²) in [5.74, 6) is -8.17. The molecule has 22 N–H and O–H groups in total. The molecule has 6 rings (SSSR count). The van der Waals surface area contributed by atoms with Gasteiger partial charge < -0.3 is 102 Å². The molecule has 2 aliphatic rings. The molecule has 0 saturated carbocycles. The summed E-state index contributed by atoms with van der Waals surface area (Å²) in [5.41, 5.74) is 34.6. The number of guanidine groups is 1. The monoisotopic (exact) mass is 1740 g/mol. The van der Waals surface area contributed by atoms with Crippen molar-refractivity contribution in [1.29, 1.82) is 0 Å². The number of hydrogen-bond acceptors (Lipinski definition) is 19. The molecular formula is C89H137N21O13S. The number of thioether (sulfide) groups is 1. The predicted octanol–water partition coefficient (Wildman–Crippen LogP) is 3.33. The molecule has 2 aliphatic heterocycles. The van der Waals surface area contributed by atoms with E-state index in [0.29, 0.717) is 93.4 Å². The van der Waals surface area contributed by atoms with Crippen LogP contribution in [0.4, 0.5) is 0 Å². The highest BCUT2D eigenvalue weighted by atomic mass is 32.2. The van der Waals surface area contributed by atoms with Crippen LogP contribution in [-0.2, 0) is 81.6 Å². The van der Waals surface area contributed by atoms with E-state index in [0.717, 1.165) is 62.1 Å². The van der Waals surface area contributed by atoms with E-state index < -0.39 is 131 Å². The van der Waals surface area contributed by atoms with Crippen molar-refractivity contribution in [2.75, 3.05) is 64.4 Å². The number of aromatic nitrogens is 1. The number of unbranched alkanes of at least 4 members (excludes halogenated alkanes) is 10. The maximum absolute atomic E-state index is 15.5. The van der Waals surface area contributed by atoms with Crippen LogP contribution in [0.5, 0.6) is 0 Å². The van der Waals surface area contributed by atoms with Gasteiger partial charge in [-0.1, -0.05) is 150 Å². The van der Waals surface area contributed by atoms with Gasteiger partial charge in [0.1, 0.15) is 67.1 Å². The average molecular weight is 1740 g/mol. The smallest absolute Gasteiger partial charge is 0.264 e. The zero-order valence-electron chi connectivity index (χ0n) is 72.8. The molecule has 34 nitrogen and oxygen atoms in total. The fourth-order valence-electron chi connectivity index (χ4n) is 14.9. The number of benzene rings is 3. The van der Waals surface area contributed by atoms with E-state index in [1.807, 2.05) is 30.5 Å². The molecule has 1 aromatic heterocycles. The molecule has 124 heavy (non-hydrogen) atoms. The third-order valence-corrected chi connectivity index (χ3v) is 22.5. The number of nitrogens with one attached hydrogen (secondary N) is 12. The van der Waals surface area contributed by atoms with Gasteiger partial charge in [-0.25, -0.2) is 0 Å². The number of likely N-dealkylation sites (tertiary alicyclic amines) is 2. The summed E-state index contributed by atoms with van der Waals surface area (Å²) < 4.78 is 0. The molecule has 2 saturated heterocycles. The highest BCUT2D eigenvalue weighted by molar-refractivity contribution is 7.98. The van der Waals surface area contributed by atoms with Crippen molar-refractivity contribution in [3.8, 4) is 0 Å². The van der Waals surface area contributed by atoms with Crippen molar-refractivity contribution >= 4 is 112 Å². The van der Waals surface area contributed by atoms with Crippen LogP contribution in [0.3, 0.4) is 0 Å². The van der Waals surface area contributed by atoms with Gasteiger partial charge >= 0.3 is 0 Å². The molecule has 4 aromatic rings. The summed E-state index contributed by atoms with van der Waals surface area (Å²) in [6, 6.07) is 12.8. The lowest BCUT2D eigenvalue weighted by atomic mass is 10.00. The van der Waals surface area contributed by atoms with Gasteiger partial charge in [0.25, 0.3) is 5.91 Å². The van der Waals surface area contributed by atoms with Crippen molar-refractivity contribution in [2.24, 2.45) is 44.7 Å². The van der Waals surface area contributed by atoms with Crippen molar-refractivity contribution in [2.45, 2.75) is 261 Å². The van der Waals surface area contributed by atoms with Crippen LogP contribution in [0, 0.1) is 5.92 Å². The first-order chi connectivity index (χ1) is 59.8. The van der Waals surface area contributed by atoms with Crippen LogP contribution in [0.1, 0.15) is 198 Å². The second-order valence-corrected chi connectivity index (χ2v) is 33.1. The van der Waals surface area contributed by atoms with E-state index in [1.54, 1.807) is 92.5 Å². The topological polar surface area (TPSA) is 531 Å². The van der Waals surface area contributed by atoms with Gasteiger partial charge in [-0.3, -0.25) is 67.3 Å². The number of amides is 13.